The Bertz CT molecular complexity index is 446. The monoisotopic (exact) mass is 201 g/mol. The summed E-state index contributed by atoms with van der Waals surface area (Å²) in [4.78, 5) is 14.0. The molecule has 0 saturated heterocycles. The zero-order valence-corrected chi connectivity index (χ0v) is 9.21. The van der Waals surface area contributed by atoms with Crippen molar-refractivity contribution >= 4 is 11.6 Å². The summed E-state index contributed by atoms with van der Waals surface area (Å²) >= 11 is 0. The molecule has 3 rings (SSSR count). The number of carbonyl (C=O) groups excluding carboxylic acids is 1. The van der Waals surface area contributed by atoms with Crippen LogP contribution in [0.3, 0.4) is 0 Å². The van der Waals surface area contributed by atoms with Gasteiger partial charge in [-0.05, 0) is 37.0 Å². The minimum atomic E-state index is -0.141. The van der Waals surface area contributed by atoms with Crippen LogP contribution in [0, 0.1) is 6.92 Å². The fourth-order valence-corrected chi connectivity index (χ4v) is 2.88. The second-order valence-corrected chi connectivity index (χ2v) is 4.82. The number of rotatable bonds is 0. The first-order valence-corrected chi connectivity index (χ1v) is 5.54. The van der Waals surface area contributed by atoms with Crippen LogP contribution in [-0.2, 0) is 10.2 Å². The molecule has 0 aromatic heterocycles. The first-order valence-electron chi connectivity index (χ1n) is 5.54. The van der Waals surface area contributed by atoms with Gasteiger partial charge in [-0.25, -0.2) is 0 Å². The molecule has 1 spiro atoms. The molecule has 2 heteroatoms. The summed E-state index contributed by atoms with van der Waals surface area (Å²) in [6, 6.07) is 6.39. The van der Waals surface area contributed by atoms with Gasteiger partial charge >= 0.3 is 0 Å². The lowest BCUT2D eigenvalue weighted by atomic mass is 9.65. The van der Waals surface area contributed by atoms with Gasteiger partial charge in [-0.1, -0.05) is 18.6 Å². The normalized spacial score (nSPS) is 21.7. The van der Waals surface area contributed by atoms with Crippen LogP contribution < -0.4 is 4.90 Å². The van der Waals surface area contributed by atoms with E-state index < -0.39 is 0 Å². The van der Waals surface area contributed by atoms with Gasteiger partial charge in [0.05, 0.1) is 5.41 Å². The largest absolute Gasteiger partial charge is 0.314 e. The van der Waals surface area contributed by atoms with Crippen molar-refractivity contribution in [2.75, 3.05) is 11.9 Å². The van der Waals surface area contributed by atoms with Crippen LogP contribution in [0.2, 0.25) is 0 Å². The molecule has 0 atom stereocenters. The fourth-order valence-electron chi connectivity index (χ4n) is 2.88. The van der Waals surface area contributed by atoms with Gasteiger partial charge in [0.2, 0.25) is 5.91 Å². The highest BCUT2D eigenvalue weighted by Crippen LogP contribution is 2.52. The van der Waals surface area contributed by atoms with Gasteiger partial charge in [-0.3, -0.25) is 4.79 Å². The van der Waals surface area contributed by atoms with Crippen molar-refractivity contribution in [3.63, 3.8) is 0 Å². The summed E-state index contributed by atoms with van der Waals surface area (Å²) in [5.74, 6) is 0.300. The molecule has 1 saturated carbocycles. The molecule has 2 aliphatic rings. The van der Waals surface area contributed by atoms with Crippen molar-refractivity contribution in [3.05, 3.63) is 29.3 Å². The third-order valence-corrected chi connectivity index (χ3v) is 3.95. The van der Waals surface area contributed by atoms with E-state index >= 15 is 0 Å². The fraction of sp³-hybridized carbons (Fsp3) is 0.462. The molecule has 1 aliphatic heterocycles. The van der Waals surface area contributed by atoms with Crippen LogP contribution in [0.5, 0.6) is 0 Å². The van der Waals surface area contributed by atoms with Crippen molar-refractivity contribution in [1.82, 2.24) is 0 Å². The second-order valence-electron chi connectivity index (χ2n) is 4.82. The Morgan fingerprint density at radius 2 is 2.07 bits per heavy atom. The van der Waals surface area contributed by atoms with Crippen molar-refractivity contribution in [2.24, 2.45) is 0 Å². The first-order chi connectivity index (χ1) is 7.15. The van der Waals surface area contributed by atoms with Crippen molar-refractivity contribution in [3.8, 4) is 0 Å². The van der Waals surface area contributed by atoms with E-state index in [1.807, 2.05) is 11.9 Å². The number of nitrogens with zero attached hydrogens (tertiary/aromatic N) is 1. The minimum absolute atomic E-state index is 0.141. The topological polar surface area (TPSA) is 20.3 Å². The second kappa shape index (κ2) is 2.63. The third kappa shape index (κ3) is 0.921. The molecule has 1 aromatic rings. The Morgan fingerprint density at radius 1 is 1.33 bits per heavy atom. The average molecular weight is 201 g/mol. The molecular weight excluding hydrogens is 186 g/mol. The number of anilines is 1. The Morgan fingerprint density at radius 3 is 2.67 bits per heavy atom. The summed E-state index contributed by atoms with van der Waals surface area (Å²) in [5.41, 5.74) is 3.47. The zero-order chi connectivity index (χ0) is 10.6. The maximum absolute atomic E-state index is 12.2. The van der Waals surface area contributed by atoms with Crippen LogP contribution in [0.15, 0.2) is 18.2 Å². The van der Waals surface area contributed by atoms with Crippen LogP contribution >= 0.6 is 0 Å². The van der Waals surface area contributed by atoms with Gasteiger partial charge < -0.3 is 4.90 Å². The molecule has 1 amide bonds. The van der Waals surface area contributed by atoms with E-state index in [0.29, 0.717) is 5.91 Å². The molecule has 15 heavy (non-hydrogen) atoms. The van der Waals surface area contributed by atoms with E-state index in [1.165, 1.54) is 17.5 Å². The molecule has 0 unspecified atom stereocenters. The Kier molecular flexibility index (Phi) is 1.57. The number of aryl methyl sites for hydroxylation is 1. The highest BCUT2D eigenvalue weighted by Gasteiger charge is 2.53. The lowest BCUT2D eigenvalue weighted by Crippen LogP contribution is -2.43. The number of likely N-dealkylation sites (N-methyl/N-ethyl adjacent to an activating group) is 1. The molecule has 1 aliphatic carbocycles. The standard InChI is InChI=1S/C13H15NO/c1-9-4-5-10-11(8-9)14(2)12(15)13(10)6-3-7-13/h4-5,8H,3,6-7H2,1-2H3. The molecule has 78 valence electrons. The lowest BCUT2D eigenvalue weighted by Gasteiger charge is -2.36. The van der Waals surface area contributed by atoms with Gasteiger partial charge in [0.15, 0.2) is 0 Å². The van der Waals surface area contributed by atoms with Crippen LogP contribution in [0.25, 0.3) is 0 Å². The summed E-state index contributed by atoms with van der Waals surface area (Å²) < 4.78 is 0. The predicted molar refractivity (Wildman–Crippen MR) is 60.1 cm³/mol. The highest BCUT2D eigenvalue weighted by molar-refractivity contribution is 6.08. The van der Waals surface area contributed by atoms with Crippen molar-refractivity contribution in [2.45, 2.75) is 31.6 Å². The van der Waals surface area contributed by atoms with E-state index in [2.05, 4.69) is 25.1 Å². The van der Waals surface area contributed by atoms with Gasteiger partial charge in [0.25, 0.3) is 0 Å². The van der Waals surface area contributed by atoms with Gasteiger partial charge in [0.1, 0.15) is 0 Å². The molecule has 0 N–H and O–H groups in total. The van der Waals surface area contributed by atoms with Crippen LogP contribution in [0.1, 0.15) is 30.4 Å². The quantitative estimate of drug-likeness (QED) is 0.631. The van der Waals surface area contributed by atoms with Crippen molar-refractivity contribution in [1.29, 1.82) is 0 Å². The van der Waals surface area contributed by atoms with Crippen LogP contribution in [-0.4, -0.2) is 13.0 Å². The minimum Gasteiger partial charge on any atom is -0.314 e. The maximum atomic E-state index is 12.2. The zero-order valence-electron chi connectivity index (χ0n) is 9.21. The van der Waals surface area contributed by atoms with E-state index in [4.69, 9.17) is 0 Å². The molecular formula is C13H15NO. The number of carbonyl (C=O) groups is 1. The Hall–Kier alpha value is -1.31. The summed E-state index contributed by atoms with van der Waals surface area (Å²) in [6.45, 7) is 2.07. The smallest absolute Gasteiger partial charge is 0.237 e. The highest BCUT2D eigenvalue weighted by atomic mass is 16.2. The van der Waals surface area contributed by atoms with E-state index in [-0.39, 0.29) is 5.41 Å². The predicted octanol–water partition coefficient (Wildman–Crippen LogP) is 2.39. The number of amides is 1. The number of hydrogen-bond acceptors (Lipinski definition) is 1. The molecule has 1 fully saturated rings. The molecule has 0 bridgehead atoms. The number of benzene rings is 1. The number of hydrogen-bond donors (Lipinski definition) is 0. The SMILES string of the molecule is Cc1ccc2c(c1)N(C)C(=O)C21CCC1. The van der Waals surface area contributed by atoms with Gasteiger partial charge in [0, 0.05) is 12.7 Å². The Labute approximate surface area is 89.9 Å². The van der Waals surface area contributed by atoms with E-state index in [9.17, 15) is 4.79 Å². The summed E-state index contributed by atoms with van der Waals surface area (Å²) in [7, 11) is 1.90. The van der Waals surface area contributed by atoms with Crippen LogP contribution in [0.4, 0.5) is 5.69 Å². The Balaban J connectivity index is 2.22. The third-order valence-electron chi connectivity index (χ3n) is 3.95. The maximum Gasteiger partial charge on any atom is 0.237 e. The van der Waals surface area contributed by atoms with Crippen molar-refractivity contribution < 1.29 is 4.79 Å². The van der Waals surface area contributed by atoms with E-state index in [0.717, 1.165) is 18.5 Å². The average Bonchev–Trinajstić information content (AvgIpc) is 2.37. The van der Waals surface area contributed by atoms with Gasteiger partial charge in [-0.2, -0.15) is 0 Å². The summed E-state index contributed by atoms with van der Waals surface area (Å²) in [5, 5.41) is 0. The van der Waals surface area contributed by atoms with E-state index in [1.54, 1.807) is 0 Å². The molecule has 1 heterocycles. The molecule has 1 aromatic carbocycles. The molecule has 0 radical (unpaired) electrons. The van der Waals surface area contributed by atoms with Gasteiger partial charge in [-0.15, -0.1) is 0 Å². The first kappa shape index (κ1) is 8.96. The molecule has 2 nitrogen and oxygen atoms in total. The lowest BCUT2D eigenvalue weighted by molar-refractivity contribution is -0.125. The summed E-state index contributed by atoms with van der Waals surface area (Å²) in [6.07, 6.45) is 3.26. The number of fused-ring (bicyclic) bond motifs is 2.